The van der Waals surface area contributed by atoms with Gasteiger partial charge in [0.15, 0.2) is 0 Å². The number of benzene rings is 1. The zero-order chi connectivity index (χ0) is 15.9. The molecular formula is C17H25FN2OS. The number of carbonyl (C=O) groups is 1. The fourth-order valence-electron chi connectivity index (χ4n) is 3.01. The van der Waals surface area contributed by atoms with Crippen LogP contribution in [0, 0.1) is 11.7 Å². The number of nitrogens with zero attached hydrogens (tertiary/aromatic N) is 1. The molecule has 2 rings (SSSR count). The predicted molar refractivity (Wildman–Crippen MR) is 89.5 cm³/mol. The first-order valence-corrected chi connectivity index (χ1v) is 8.99. The van der Waals surface area contributed by atoms with E-state index in [4.69, 9.17) is 5.73 Å². The Hall–Kier alpha value is -1.23. The molecule has 1 aromatic carbocycles. The minimum absolute atomic E-state index is 0.208. The second-order valence-electron chi connectivity index (χ2n) is 6.10. The van der Waals surface area contributed by atoms with Gasteiger partial charge < -0.3 is 10.6 Å². The molecule has 0 radical (unpaired) electrons. The van der Waals surface area contributed by atoms with Crippen molar-refractivity contribution in [3.05, 3.63) is 30.1 Å². The molecule has 0 heterocycles. The van der Waals surface area contributed by atoms with Gasteiger partial charge in [-0.05, 0) is 62.0 Å². The third-order valence-electron chi connectivity index (χ3n) is 4.32. The number of primary amides is 1. The molecule has 0 saturated heterocycles. The third kappa shape index (κ3) is 5.20. The van der Waals surface area contributed by atoms with Gasteiger partial charge in [0.1, 0.15) is 5.82 Å². The minimum atomic E-state index is -0.310. The van der Waals surface area contributed by atoms with E-state index >= 15 is 0 Å². The summed E-state index contributed by atoms with van der Waals surface area (Å²) in [5, 5.41) is 0. The van der Waals surface area contributed by atoms with Crippen LogP contribution < -0.4 is 5.73 Å². The number of hydrogen-bond acceptors (Lipinski definition) is 2. The zero-order valence-corrected chi connectivity index (χ0v) is 13.9. The van der Waals surface area contributed by atoms with Crippen LogP contribution in [0.1, 0.15) is 39.0 Å². The highest BCUT2D eigenvalue weighted by molar-refractivity contribution is 7.99. The normalized spacial score (nSPS) is 21.5. The lowest BCUT2D eigenvalue weighted by molar-refractivity contribution is 0.153. The van der Waals surface area contributed by atoms with Gasteiger partial charge in [-0.2, -0.15) is 0 Å². The lowest BCUT2D eigenvalue weighted by Gasteiger charge is -2.35. The molecule has 0 unspecified atom stereocenters. The Morgan fingerprint density at radius 3 is 2.73 bits per heavy atom. The summed E-state index contributed by atoms with van der Waals surface area (Å²) in [6.07, 6.45) is 5.33. The fourth-order valence-corrected chi connectivity index (χ4v) is 3.89. The second-order valence-corrected chi connectivity index (χ2v) is 7.27. The van der Waals surface area contributed by atoms with E-state index in [1.165, 1.54) is 18.9 Å². The molecule has 1 aromatic rings. The van der Waals surface area contributed by atoms with E-state index in [0.29, 0.717) is 12.6 Å². The third-order valence-corrected chi connectivity index (χ3v) is 5.40. The summed E-state index contributed by atoms with van der Waals surface area (Å²) in [4.78, 5) is 14.4. The van der Waals surface area contributed by atoms with E-state index in [-0.39, 0.29) is 11.8 Å². The number of amides is 2. The molecule has 0 aromatic heterocycles. The van der Waals surface area contributed by atoms with Gasteiger partial charge in [-0.1, -0.05) is 13.0 Å². The number of halogens is 1. The van der Waals surface area contributed by atoms with E-state index in [1.807, 2.05) is 11.0 Å². The van der Waals surface area contributed by atoms with Crippen LogP contribution in [0.5, 0.6) is 0 Å². The Kier molecular flexibility index (Phi) is 6.55. The topological polar surface area (TPSA) is 46.3 Å². The number of urea groups is 1. The van der Waals surface area contributed by atoms with Gasteiger partial charge in [0.05, 0.1) is 0 Å². The van der Waals surface area contributed by atoms with Crippen LogP contribution >= 0.6 is 11.8 Å². The summed E-state index contributed by atoms with van der Waals surface area (Å²) in [6.45, 7) is 2.96. The van der Waals surface area contributed by atoms with Gasteiger partial charge in [0, 0.05) is 17.5 Å². The number of carbonyl (C=O) groups excluding carboxylic acids is 1. The highest BCUT2D eigenvalue weighted by atomic mass is 32.2. The Morgan fingerprint density at radius 2 is 2.09 bits per heavy atom. The van der Waals surface area contributed by atoms with Crippen molar-refractivity contribution >= 4 is 17.8 Å². The second kappa shape index (κ2) is 8.42. The smallest absolute Gasteiger partial charge is 0.315 e. The average molecular weight is 324 g/mol. The Morgan fingerprint density at radius 1 is 1.36 bits per heavy atom. The quantitative estimate of drug-likeness (QED) is 0.627. The standard InChI is InChI=1S/C17H25FN2OS/c1-13-6-8-15(9-7-13)20(17(19)21)10-3-11-22-16-5-2-4-14(18)12-16/h2,4-5,12-13,15H,3,6-11H2,1H3,(H2,19,21)/t13-,15-. The summed E-state index contributed by atoms with van der Waals surface area (Å²) in [6, 6.07) is 6.60. The molecule has 0 atom stereocenters. The summed E-state index contributed by atoms with van der Waals surface area (Å²) in [5.74, 6) is 1.41. The first kappa shape index (κ1) is 17.1. The van der Waals surface area contributed by atoms with Crippen LogP contribution in [0.25, 0.3) is 0 Å². The van der Waals surface area contributed by atoms with E-state index in [0.717, 1.165) is 35.8 Å². The molecule has 22 heavy (non-hydrogen) atoms. The highest BCUT2D eigenvalue weighted by Crippen LogP contribution is 2.27. The van der Waals surface area contributed by atoms with Crippen molar-refractivity contribution in [2.45, 2.75) is 50.0 Å². The highest BCUT2D eigenvalue weighted by Gasteiger charge is 2.25. The summed E-state index contributed by atoms with van der Waals surface area (Å²) >= 11 is 1.62. The van der Waals surface area contributed by atoms with Crippen LogP contribution in [-0.4, -0.2) is 29.3 Å². The van der Waals surface area contributed by atoms with Crippen molar-refractivity contribution in [2.24, 2.45) is 11.7 Å². The van der Waals surface area contributed by atoms with Crippen molar-refractivity contribution in [1.82, 2.24) is 4.90 Å². The lowest BCUT2D eigenvalue weighted by Crippen LogP contribution is -2.45. The van der Waals surface area contributed by atoms with Crippen LogP contribution in [0.15, 0.2) is 29.2 Å². The SMILES string of the molecule is C[C@H]1CC[C@H](N(CCCSc2cccc(F)c2)C(N)=O)CC1. The molecule has 1 saturated carbocycles. The molecule has 3 nitrogen and oxygen atoms in total. The van der Waals surface area contributed by atoms with Crippen molar-refractivity contribution in [1.29, 1.82) is 0 Å². The van der Waals surface area contributed by atoms with Gasteiger partial charge >= 0.3 is 6.03 Å². The van der Waals surface area contributed by atoms with E-state index < -0.39 is 0 Å². The molecule has 122 valence electrons. The molecule has 0 bridgehead atoms. The number of rotatable bonds is 6. The fraction of sp³-hybridized carbons (Fsp3) is 0.588. The molecule has 1 aliphatic rings. The van der Waals surface area contributed by atoms with Crippen LogP contribution in [0.3, 0.4) is 0 Å². The van der Waals surface area contributed by atoms with Crippen LogP contribution in [0.2, 0.25) is 0 Å². The largest absolute Gasteiger partial charge is 0.351 e. The Balaban J connectivity index is 1.76. The van der Waals surface area contributed by atoms with E-state index in [2.05, 4.69) is 6.92 Å². The van der Waals surface area contributed by atoms with Crippen LogP contribution in [0.4, 0.5) is 9.18 Å². The van der Waals surface area contributed by atoms with E-state index in [1.54, 1.807) is 23.9 Å². The molecule has 0 aliphatic heterocycles. The van der Waals surface area contributed by atoms with E-state index in [9.17, 15) is 9.18 Å². The molecule has 2 N–H and O–H groups in total. The maximum absolute atomic E-state index is 13.1. The molecule has 0 spiro atoms. The predicted octanol–water partition coefficient (Wildman–Crippen LogP) is 4.27. The van der Waals surface area contributed by atoms with Gasteiger partial charge in [0.2, 0.25) is 0 Å². The van der Waals surface area contributed by atoms with Crippen molar-refractivity contribution in [3.63, 3.8) is 0 Å². The number of thioether (sulfide) groups is 1. The summed E-state index contributed by atoms with van der Waals surface area (Å²) in [5.41, 5.74) is 5.55. The molecule has 1 aliphatic carbocycles. The molecular weight excluding hydrogens is 299 g/mol. The monoisotopic (exact) mass is 324 g/mol. The lowest BCUT2D eigenvalue weighted by atomic mass is 9.86. The zero-order valence-electron chi connectivity index (χ0n) is 13.1. The average Bonchev–Trinajstić information content (AvgIpc) is 2.48. The minimum Gasteiger partial charge on any atom is -0.351 e. The maximum Gasteiger partial charge on any atom is 0.315 e. The molecule has 5 heteroatoms. The maximum atomic E-state index is 13.1. The Labute approximate surface area is 136 Å². The first-order chi connectivity index (χ1) is 10.6. The van der Waals surface area contributed by atoms with Crippen molar-refractivity contribution in [3.8, 4) is 0 Å². The summed E-state index contributed by atoms with van der Waals surface area (Å²) < 4.78 is 13.1. The first-order valence-electron chi connectivity index (χ1n) is 8.00. The van der Waals surface area contributed by atoms with Gasteiger partial charge in [-0.3, -0.25) is 0 Å². The molecule has 1 fully saturated rings. The number of hydrogen-bond donors (Lipinski definition) is 1. The van der Waals surface area contributed by atoms with Gasteiger partial charge in [-0.25, -0.2) is 9.18 Å². The van der Waals surface area contributed by atoms with Crippen LogP contribution in [-0.2, 0) is 0 Å². The van der Waals surface area contributed by atoms with Crippen molar-refractivity contribution < 1.29 is 9.18 Å². The summed E-state index contributed by atoms with van der Waals surface area (Å²) in [7, 11) is 0. The van der Waals surface area contributed by atoms with Gasteiger partial charge in [-0.15, -0.1) is 11.8 Å². The molecule has 2 amide bonds. The van der Waals surface area contributed by atoms with Gasteiger partial charge in [0.25, 0.3) is 0 Å². The Bertz CT molecular complexity index is 489. The van der Waals surface area contributed by atoms with Crippen molar-refractivity contribution in [2.75, 3.05) is 12.3 Å². The number of nitrogens with two attached hydrogens (primary N) is 1.